The fourth-order valence-corrected chi connectivity index (χ4v) is 3.52. The van der Waals surface area contributed by atoms with Crippen LogP contribution in [0, 0.1) is 0 Å². The Morgan fingerprint density at radius 3 is 2.44 bits per heavy atom. The maximum atomic E-state index is 6.03. The van der Waals surface area contributed by atoms with E-state index in [0.717, 1.165) is 44.2 Å². The zero-order chi connectivity index (χ0) is 16.8. The molecular formula is C23H16O2. The minimum Gasteiger partial charge on any atom is -0.496 e. The van der Waals surface area contributed by atoms with E-state index >= 15 is 0 Å². The SMILES string of the molecule is COc1ccccc1-c1ccc2cc3c(cc2c1)oc1ccccc13. The third-order valence-electron chi connectivity index (χ3n) is 4.75. The minimum absolute atomic E-state index is 0.881. The van der Waals surface area contributed by atoms with Gasteiger partial charge in [0, 0.05) is 16.3 Å². The summed E-state index contributed by atoms with van der Waals surface area (Å²) in [7, 11) is 1.71. The van der Waals surface area contributed by atoms with E-state index in [1.165, 1.54) is 5.39 Å². The molecule has 5 rings (SSSR count). The Morgan fingerprint density at radius 1 is 0.680 bits per heavy atom. The van der Waals surface area contributed by atoms with Crippen LogP contribution in [0.25, 0.3) is 43.8 Å². The van der Waals surface area contributed by atoms with Crippen molar-refractivity contribution in [3.05, 3.63) is 78.9 Å². The van der Waals surface area contributed by atoms with E-state index in [2.05, 4.69) is 42.5 Å². The number of ether oxygens (including phenoxy) is 1. The normalized spacial score (nSPS) is 11.4. The number of furan rings is 1. The van der Waals surface area contributed by atoms with Gasteiger partial charge in [-0.3, -0.25) is 0 Å². The number of hydrogen-bond acceptors (Lipinski definition) is 2. The molecule has 0 atom stereocenters. The Labute approximate surface area is 145 Å². The highest BCUT2D eigenvalue weighted by atomic mass is 16.5. The van der Waals surface area contributed by atoms with Gasteiger partial charge in [0.25, 0.3) is 0 Å². The summed E-state index contributed by atoms with van der Waals surface area (Å²) in [5, 5.41) is 4.69. The number of hydrogen-bond donors (Lipinski definition) is 0. The van der Waals surface area contributed by atoms with Crippen molar-refractivity contribution in [3.8, 4) is 16.9 Å². The summed E-state index contributed by atoms with van der Waals surface area (Å²) in [5.41, 5.74) is 4.08. The van der Waals surface area contributed by atoms with Crippen molar-refractivity contribution in [2.45, 2.75) is 0 Å². The van der Waals surface area contributed by atoms with E-state index < -0.39 is 0 Å². The standard InChI is InChI=1S/C23H16O2/c1-24-21-8-4-2-6-18(21)16-11-10-15-13-20-19-7-3-5-9-22(19)25-23(20)14-17(15)12-16/h2-14H,1H3. The maximum Gasteiger partial charge on any atom is 0.136 e. The number of methoxy groups -OCH3 is 1. The van der Waals surface area contributed by atoms with Gasteiger partial charge >= 0.3 is 0 Å². The number of para-hydroxylation sites is 2. The van der Waals surface area contributed by atoms with Gasteiger partial charge in [-0.15, -0.1) is 0 Å². The Bertz CT molecular complexity index is 1230. The third-order valence-corrected chi connectivity index (χ3v) is 4.75. The predicted molar refractivity (Wildman–Crippen MR) is 103 cm³/mol. The molecule has 0 N–H and O–H groups in total. The summed E-state index contributed by atoms with van der Waals surface area (Å²) in [5.74, 6) is 0.881. The van der Waals surface area contributed by atoms with Crippen LogP contribution in [0.5, 0.6) is 5.75 Å². The van der Waals surface area contributed by atoms with Crippen molar-refractivity contribution < 1.29 is 9.15 Å². The fraction of sp³-hybridized carbons (Fsp3) is 0.0435. The first kappa shape index (κ1) is 14.1. The number of fused-ring (bicyclic) bond motifs is 4. The summed E-state index contributed by atoms with van der Waals surface area (Å²) < 4.78 is 11.5. The highest BCUT2D eigenvalue weighted by molar-refractivity contribution is 6.10. The lowest BCUT2D eigenvalue weighted by atomic mass is 9.99. The smallest absolute Gasteiger partial charge is 0.136 e. The molecule has 4 aromatic carbocycles. The Balaban J connectivity index is 1.77. The molecule has 1 aromatic heterocycles. The van der Waals surface area contributed by atoms with Crippen molar-refractivity contribution in [3.63, 3.8) is 0 Å². The van der Waals surface area contributed by atoms with Crippen LogP contribution in [-0.2, 0) is 0 Å². The summed E-state index contributed by atoms with van der Waals surface area (Å²) in [4.78, 5) is 0. The van der Waals surface area contributed by atoms with Crippen molar-refractivity contribution in [1.82, 2.24) is 0 Å². The van der Waals surface area contributed by atoms with Crippen LogP contribution in [0.1, 0.15) is 0 Å². The fourth-order valence-electron chi connectivity index (χ4n) is 3.52. The van der Waals surface area contributed by atoms with Gasteiger partial charge in [0.05, 0.1) is 7.11 Å². The predicted octanol–water partition coefficient (Wildman–Crippen LogP) is 6.41. The van der Waals surface area contributed by atoms with Gasteiger partial charge in [0.1, 0.15) is 16.9 Å². The largest absolute Gasteiger partial charge is 0.496 e. The zero-order valence-corrected chi connectivity index (χ0v) is 13.8. The van der Waals surface area contributed by atoms with Gasteiger partial charge in [-0.1, -0.05) is 48.5 Å². The lowest BCUT2D eigenvalue weighted by Crippen LogP contribution is -1.87. The molecule has 0 unspecified atom stereocenters. The molecule has 0 spiro atoms. The molecule has 2 heteroatoms. The van der Waals surface area contributed by atoms with Gasteiger partial charge < -0.3 is 9.15 Å². The van der Waals surface area contributed by atoms with E-state index in [1.807, 2.05) is 36.4 Å². The molecule has 5 aromatic rings. The molecule has 1 heterocycles. The van der Waals surface area contributed by atoms with Gasteiger partial charge in [-0.05, 0) is 46.7 Å². The van der Waals surface area contributed by atoms with Crippen LogP contribution in [0.2, 0.25) is 0 Å². The van der Waals surface area contributed by atoms with Crippen molar-refractivity contribution in [1.29, 1.82) is 0 Å². The molecule has 0 aliphatic carbocycles. The molecule has 0 saturated carbocycles. The minimum atomic E-state index is 0.881. The van der Waals surface area contributed by atoms with Gasteiger partial charge in [-0.2, -0.15) is 0 Å². The first-order chi connectivity index (χ1) is 12.3. The van der Waals surface area contributed by atoms with Crippen LogP contribution in [0.15, 0.2) is 83.3 Å². The highest BCUT2D eigenvalue weighted by Crippen LogP contribution is 2.35. The van der Waals surface area contributed by atoms with E-state index in [1.54, 1.807) is 7.11 Å². The molecular weight excluding hydrogens is 308 g/mol. The third kappa shape index (κ3) is 2.18. The maximum absolute atomic E-state index is 6.03. The summed E-state index contributed by atoms with van der Waals surface area (Å²) in [6, 6.07) is 27.1. The first-order valence-electron chi connectivity index (χ1n) is 8.32. The average molecular weight is 324 g/mol. The highest BCUT2D eigenvalue weighted by Gasteiger charge is 2.10. The molecule has 0 aliphatic heterocycles. The molecule has 0 radical (unpaired) electrons. The molecule has 0 fully saturated rings. The number of benzene rings is 4. The van der Waals surface area contributed by atoms with Crippen molar-refractivity contribution >= 4 is 32.7 Å². The Morgan fingerprint density at radius 2 is 1.52 bits per heavy atom. The topological polar surface area (TPSA) is 22.4 Å². The van der Waals surface area contributed by atoms with Crippen molar-refractivity contribution in [2.75, 3.05) is 7.11 Å². The summed E-state index contributed by atoms with van der Waals surface area (Å²) in [6.45, 7) is 0. The van der Waals surface area contributed by atoms with Gasteiger partial charge in [0.2, 0.25) is 0 Å². The second kappa shape index (κ2) is 5.38. The second-order valence-electron chi connectivity index (χ2n) is 6.21. The van der Waals surface area contributed by atoms with Gasteiger partial charge in [-0.25, -0.2) is 0 Å². The quantitative estimate of drug-likeness (QED) is 0.374. The van der Waals surface area contributed by atoms with E-state index in [9.17, 15) is 0 Å². The molecule has 120 valence electrons. The van der Waals surface area contributed by atoms with Crippen LogP contribution in [0.4, 0.5) is 0 Å². The van der Waals surface area contributed by atoms with Crippen LogP contribution in [-0.4, -0.2) is 7.11 Å². The van der Waals surface area contributed by atoms with Crippen LogP contribution < -0.4 is 4.74 Å². The van der Waals surface area contributed by atoms with Gasteiger partial charge in [0.15, 0.2) is 0 Å². The first-order valence-corrected chi connectivity index (χ1v) is 8.32. The van der Waals surface area contributed by atoms with Crippen LogP contribution >= 0.6 is 0 Å². The molecule has 0 amide bonds. The van der Waals surface area contributed by atoms with Crippen LogP contribution in [0.3, 0.4) is 0 Å². The molecule has 25 heavy (non-hydrogen) atoms. The lowest BCUT2D eigenvalue weighted by molar-refractivity contribution is 0.416. The second-order valence-corrected chi connectivity index (χ2v) is 6.21. The number of rotatable bonds is 2. The molecule has 2 nitrogen and oxygen atoms in total. The summed E-state index contributed by atoms with van der Waals surface area (Å²) in [6.07, 6.45) is 0. The van der Waals surface area contributed by atoms with E-state index in [4.69, 9.17) is 9.15 Å². The molecule has 0 bridgehead atoms. The molecule has 0 saturated heterocycles. The van der Waals surface area contributed by atoms with E-state index in [0.29, 0.717) is 0 Å². The lowest BCUT2D eigenvalue weighted by Gasteiger charge is -2.09. The zero-order valence-electron chi connectivity index (χ0n) is 13.8. The average Bonchev–Trinajstić information content (AvgIpc) is 3.03. The monoisotopic (exact) mass is 324 g/mol. The summed E-state index contributed by atoms with van der Waals surface area (Å²) >= 11 is 0. The van der Waals surface area contributed by atoms with Crippen molar-refractivity contribution in [2.24, 2.45) is 0 Å². The Hall–Kier alpha value is -3.26. The molecule has 0 aliphatic rings. The van der Waals surface area contributed by atoms with E-state index in [-0.39, 0.29) is 0 Å². The Kier molecular flexibility index (Phi) is 3.04.